The van der Waals surface area contributed by atoms with E-state index in [1.807, 2.05) is 6.92 Å². The summed E-state index contributed by atoms with van der Waals surface area (Å²) in [5.41, 5.74) is 0. The van der Waals surface area contributed by atoms with Crippen molar-refractivity contribution < 1.29 is 4.74 Å². The summed E-state index contributed by atoms with van der Waals surface area (Å²) < 4.78 is 6.19. The summed E-state index contributed by atoms with van der Waals surface area (Å²) >= 11 is 13.9. The minimum Gasteiger partial charge on any atom is -0.492 e. The molecule has 1 aromatic carbocycles. The lowest BCUT2D eigenvalue weighted by molar-refractivity contribution is 0.340. The number of halogens is 3. The molecule has 0 radical (unpaired) electrons. The summed E-state index contributed by atoms with van der Waals surface area (Å²) in [4.78, 5) is 0. The van der Waals surface area contributed by atoms with Gasteiger partial charge in [-0.3, -0.25) is 0 Å². The first kappa shape index (κ1) is 10.4. The summed E-state index contributed by atoms with van der Waals surface area (Å²) in [7, 11) is 0. The van der Waals surface area contributed by atoms with Crippen molar-refractivity contribution in [1.29, 1.82) is 0 Å². The maximum Gasteiger partial charge on any atom is 0.139 e. The van der Waals surface area contributed by atoms with Gasteiger partial charge in [-0.1, -0.05) is 23.2 Å². The average Bonchev–Trinajstić information content (AvgIpc) is 2.01. The Morgan fingerprint density at radius 3 is 2.58 bits per heavy atom. The molecule has 1 nitrogen and oxygen atoms in total. The van der Waals surface area contributed by atoms with E-state index in [0.29, 0.717) is 22.4 Å². The van der Waals surface area contributed by atoms with Gasteiger partial charge in [0.25, 0.3) is 0 Å². The molecule has 0 spiro atoms. The summed E-state index contributed by atoms with van der Waals surface area (Å²) in [6, 6.07) is 3.52. The van der Waals surface area contributed by atoms with Gasteiger partial charge in [0.05, 0.1) is 16.7 Å². The fraction of sp³-hybridized carbons (Fsp3) is 0.250. The standard InChI is InChI=1S/C8H7Cl2IO/c1-2-12-8-4-5(9)7(11)3-6(8)10/h3-4H,2H2,1H3. The Bertz CT molecular complexity index is 289. The normalized spacial score (nSPS) is 10.0. The first-order valence-electron chi connectivity index (χ1n) is 3.42. The molecule has 0 saturated carbocycles. The van der Waals surface area contributed by atoms with Crippen molar-refractivity contribution in [2.45, 2.75) is 6.92 Å². The highest BCUT2D eigenvalue weighted by atomic mass is 127. The fourth-order valence-electron chi connectivity index (χ4n) is 0.770. The molecule has 66 valence electrons. The van der Waals surface area contributed by atoms with Crippen molar-refractivity contribution in [3.05, 3.63) is 25.7 Å². The molecule has 0 atom stereocenters. The molecule has 0 heterocycles. The minimum absolute atomic E-state index is 0.594. The van der Waals surface area contributed by atoms with Crippen LogP contribution in [0.3, 0.4) is 0 Å². The Morgan fingerprint density at radius 1 is 1.33 bits per heavy atom. The fourth-order valence-corrected chi connectivity index (χ4v) is 1.79. The van der Waals surface area contributed by atoms with Crippen LogP contribution in [-0.2, 0) is 0 Å². The van der Waals surface area contributed by atoms with Gasteiger partial charge >= 0.3 is 0 Å². The molecular weight excluding hydrogens is 310 g/mol. The van der Waals surface area contributed by atoms with Crippen molar-refractivity contribution in [2.75, 3.05) is 6.61 Å². The second-order valence-electron chi connectivity index (χ2n) is 2.13. The van der Waals surface area contributed by atoms with E-state index in [1.165, 1.54) is 0 Å². The predicted molar refractivity (Wildman–Crippen MR) is 60.3 cm³/mol. The highest BCUT2D eigenvalue weighted by Crippen LogP contribution is 2.31. The lowest BCUT2D eigenvalue weighted by Gasteiger charge is -2.06. The quantitative estimate of drug-likeness (QED) is 0.592. The topological polar surface area (TPSA) is 9.23 Å². The number of hydrogen-bond acceptors (Lipinski definition) is 1. The lowest BCUT2D eigenvalue weighted by Crippen LogP contribution is -1.92. The van der Waals surface area contributed by atoms with E-state index in [1.54, 1.807) is 12.1 Å². The van der Waals surface area contributed by atoms with Gasteiger partial charge in [0.1, 0.15) is 5.75 Å². The average molecular weight is 317 g/mol. The first-order chi connectivity index (χ1) is 5.65. The molecule has 1 rings (SSSR count). The summed E-state index contributed by atoms with van der Waals surface area (Å²) in [6.45, 7) is 2.50. The number of benzene rings is 1. The van der Waals surface area contributed by atoms with Crippen molar-refractivity contribution in [2.24, 2.45) is 0 Å². The monoisotopic (exact) mass is 316 g/mol. The van der Waals surface area contributed by atoms with Gasteiger partial charge in [0.2, 0.25) is 0 Å². The number of rotatable bonds is 2. The van der Waals surface area contributed by atoms with E-state index >= 15 is 0 Å². The first-order valence-corrected chi connectivity index (χ1v) is 5.26. The zero-order valence-electron chi connectivity index (χ0n) is 6.40. The van der Waals surface area contributed by atoms with Gasteiger partial charge in [0, 0.05) is 9.64 Å². The molecular formula is C8H7Cl2IO. The van der Waals surface area contributed by atoms with Crippen LogP contribution in [-0.4, -0.2) is 6.61 Å². The van der Waals surface area contributed by atoms with Crippen LogP contribution in [0.25, 0.3) is 0 Å². The molecule has 0 fully saturated rings. The van der Waals surface area contributed by atoms with Crippen molar-refractivity contribution >= 4 is 45.8 Å². The summed E-state index contributed by atoms with van der Waals surface area (Å²) in [5.74, 6) is 0.643. The molecule has 0 N–H and O–H groups in total. The van der Waals surface area contributed by atoms with E-state index in [2.05, 4.69) is 22.6 Å². The van der Waals surface area contributed by atoms with Crippen LogP contribution >= 0.6 is 45.8 Å². The van der Waals surface area contributed by atoms with Gasteiger partial charge in [0.15, 0.2) is 0 Å². The Balaban J connectivity index is 3.05. The zero-order chi connectivity index (χ0) is 9.14. The van der Waals surface area contributed by atoms with Crippen LogP contribution < -0.4 is 4.74 Å². The Morgan fingerprint density at radius 2 is 2.00 bits per heavy atom. The SMILES string of the molecule is CCOc1cc(Cl)c(I)cc1Cl. The third kappa shape index (κ3) is 2.41. The Labute approximate surface area is 95.1 Å². The molecule has 0 aliphatic rings. The second kappa shape index (κ2) is 4.53. The molecule has 4 heteroatoms. The smallest absolute Gasteiger partial charge is 0.139 e. The Kier molecular flexibility index (Phi) is 3.93. The molecule has 12 heavy (non-hydrogen) atoms. The minimum atomic E-state index is 0.594. The summed E-state index contributed by atoms with van der Waals surface area (Å²) in [6.07, 6.45) is 0. The highest BCUT2D eigenvalue weighted by molar-refractivity contribution is 14.1. The number of ether oxygens (including phenoxy) is 1. The van der Waals surface area contributed by atoms with Gasteiger partial charge in [-0.2, -0.15) is 0 Å². The molecule has 1 aromatic rings. The van der Waals surface area contributed by atoms with Crippen LogP contribution in [0.5, 0.6) is 5.75 Å². The maximum atomic E-state index is 5.89. The largest absolute Gasteiger partial charge is 0.492 e. The maximum absolute atomic E-state index is 5.89. The molecule has 0 bridgehead atoms. The van der Waals surface area contributed by atoms with Gasteiger partial charge < -0.3 is 4.74 Å². The number of hydrogen-bond donors (Lipinski definition) is 0. The molecule has 0 saturated heterocycles. The van der Waals surface area contributed by atoms with E-state index < -0.39 is 0 Å². The Hall–Kier alpha value is 0.330. The van der Waals surface area contributed by atoms with Crippen LogP contribution in [0.4, 0.5) is 0 Å². The van der Waals surface area contributed by atoms with E-state index in [4.69, 9.17) is 27.9 Å². The van der Waals surface area contributed by atoms with E-state index in [-0.39, 0.29) is 0 Å². The molecule has 0 aliphatic heterocycles. The zero-order valence-corrected chi connectivity index (χ0v) is 10.1. The van der Waals surface area contributed by atoms with E-state index in [0.717, 1.165) is 3.57 Å². The molecule has 0 aliphatic carbocycles. The summed E-state index contributed by atoms with van der Waals surface area (Å²) in [5, 5.41) is 1.27. The van der Waals surface area contributed by atoms with Crippen LogP contribution in [0.1, 0.15) is 6.92 Å². The van der Waals surface area contributed by atoms with Crippen molar-refractivity contribution in [3.63, 3.8) is 0 Å². The van der Waals surface area contributed by atoms with Crippen LogP contribution in [0, 0.1) is 3.57 Å². The third-order valence-electron chi connectivity index (χ3n) is 1.27. The van der Waals surface area contributed by atoms with Crippen LogP contribution in [0.15, 0.2) is 12.1 Å². The third-order valence-corrected chi connectivity index (χ3v) is 3.09. The van der Waals surface area contributed by atoms with Gasteiger partial charge in [-0.25, -0.2) is 0 Å². The predicted octanol–water partition coefficient (Wildman–Crippen LogP) is 4.00. The lowest BCUT2D eigenvalue weighted by atomic mass is 10.3. The highest BCUT2D eigenvalue weighted by Gasteiger charge is 2.05. The van der Waals surface area contributed by atoms with E-state index in [9.17, 15) is 0 Å². The molecule has 0 unspecified atom stereocenters. The van der Waals surface area contributed by atoms with Crippen molar-refractivity contribution in [1.82, 2.24) is 0 Å². The molecule has 0 amide bonds. The second-order valence-corrected chi connectivity index (χ2v) is 4.11. The molecule has 0 aromatic heterocycles. The van der Waals surface area contributed by atoms with Gasteiger partial charge in [-0.15, -0.1) is 0 Å². The van der Waals surface area contributed by atoms with Crippen molar-refractivity contribution in [3.8, 4) is 5.75 Å². The van der Waals surface area contributed by atoms with Gasteiger partial charge in [-0.05, 0) is 35.6 Å². The van der Waals surface area contributed by atoms with Crippen LogP contribution in [0.2, 0.25) is 10.0 Å².